The monoisotopic (exact) mass is 209 g/mol. The van der Waals surface area contributed by atoms with Crippen LogP contribution in [0.15, 0.2) is 6.20 Å². The van der Waals surface area contributed by atoms with Gasteiger partial charge >= 0.3 is 0 Å². The molecule has 4 heteroatoms. The van der Waals surface area contributed by atoms with E-state index in [0.29, 0.717) is 13.0 Å². The molecule has 1 heterocycles. The number of aryl methyl sites for hydroxylation is 2. The average Bonchev–Trinajstić information content (AvgIpc) is 2.51. The fraction of sp³-hybridized carbons (Fsp3) is 0.636. The molecule has 1 aromatic rings. The van der Waals surface area contributed by atoms with Crippen molar-refractivity contribution in [1.29, 1.82) is 0 Å². The Balaban J connectivity index is 2.36. The summed E-state index contributed by atoms with van der Waals surface area (Å²) in [6.45, 7) is 4.62. The Labute approximate surface area is 90.7 Å². The number of carbonyl (C=O) groups is 1. The van der Waals surface area contributed by atoms with Gasteiger partial charge < -0.3 is 5.32 Å². The largest absolute Gasteiger partial charge is 0.352 e. The van der Waals surface area contributed by atoms with Crippen LogP contribution in [-0.2, 0) is 18.4 Å². The van der Waals surface area contributed by atoms with Gasteiger partial charge in [0.05, 0.1) is 5.69 Å². The molecule has 0 aromatic carbocycles. The molecule has 0 fully saturated rings. The molecule has 0 bridgehead atoms. The standard InChI is InChI=1S/C11H19N3O/c1-4-5-6-11(15)12-7-10-8-14(3)13-9(10)2/h8H,4-7H2,1-3H3,(H,12,15). The zero-order valence-electron chi connectivity index (χ0n) is 9.71. The fourth-order valence-corrected chi connectivity index (χ4v) is 1.44. The summed E-state index contributed by atoms with van der Waals surface area (Å²) in [5, 5.41) is 7.11. The summed E-state index contributed by atoms with van der Waals surface area (Å²) in [5.41, 5.74) is 2.07. The SMILES string of the molecule is CCCCC(=O)NCc1cn(C)nc1C. The number of hydrogen-bond acceptors (Lipinski definition) is 2. The zero-order chi connectivity index (χ0) is 11.3. The Morgan fingerprint density at radius 3 is 2.87 bits per heavy atom. The van der Waals surface area contributed by atoms with Gasteiger partial charge in [-0.3, -0.25) is 9.48 Å². The minimum Gasteiger partial charge on any atom is -0.352 e. The minimum atomic E-state index is 0.125. The first-order valence-corrected chi connectivity index (χ1v) is 5.39. The number of unbranched alkanes of at least 4 members (excludes halogenated alkanes) is 1. The lowest BCUT2D eigenvalue weighted by atomic mass is 10.2. The van der Waals surface area contributed by atoms with Gasteiger partial charge in [-0.1, -0.05) is 13.3 Å². The number of carbonyl (C=O) groups excluding carboxylic acids is 1. The third-order valence-corrected chi connectivity index (χ3v) is 2.35. The second-order valence-electron chi connectivity index (χ2n) is 3.79. The molecule has 1 aromatic heterocycles. The molecule has 0 saturated heterocycles. The average molecular weight is 209 g/mol. The van der Waals surface area contributed by atoms with Crippen LogP contribution in [0.25, 0.3) is 0 Å². The summed E-state index contributed by atoms with van der Waals surface area (Å²) < 4.78 is 1.77. The molecule has 4 nitrogen and oxygen atoms in total. The number of hydrogen-bond donors (Lipinski definition) is 1. The molecule has 0 atom stereocenters. The molecule has 1 amide bonds. The van der Waals surface area contributed by atoms with Gasteiger partial charge in [-0.2, -0.15) is 5.10 Å². The van der Waals surface area contributed by atoms with E-state index in [4.69, 9.17) is 0 Å². The molecule has 0 spiro atoms. The molecular formula is C11H19N3O. The summed E-state index contributed by atoms with van der Waals surface area (Å²) in [5.74, 6) is 0.125. The molecule has 84 valence electrons. The highest BCUT2D eigenvalue weighted by molar-refractivity contribution is 5.75. The molecule has 0 aliphatic carbocycles. The van der Waals surface area contributed by atoms with E-state index in [0.717, 1.165) is 24.1 Å². The predicted molar refractivity (Wildman–Crippen MR) is 59.3 cm³/mol. The minimum absolute atomic E-state index is 0.125. The van der Waals surface area contributed by atoms with Gasteiger partial charge in [0.15, 0.2) is 0 Å². The van der Waals surface area contributed by atoms with Crippen LogP contribution in [0.3, 0.4) is 0 Å². The molecule has 15 heavy (non-hydrogen) atoms. The van der Waals surface area contributed by atoms with Gasteiger partial charge in [-0.25, -0.2) is 0 Å². The van der Waals surface area contributed by atoms with Crippen LogP contribution in [0.5, 0.6) is 0 Å². The Hall–Kier alpha value is -1.32. The van der Waals surface area contributed by atoms with E-state index in [-0.39, 0.29) is 5.91 Å². The molecule has 0 unspecified atom stereocenters. The van der Waals surface area contributed by atoms with E-state index >= 15 is 0 Å². The van der Waals surface area contributed by atoms with E-state index in [1.807, 2.05) is 20.2 Å². The second-order valence-corrected chi connectivity index (χ2v) is 3.79. The lowest BCUT2D eigenvalue weighted by Crippen LogP contribution is -2.22. The van der Waals surface area contributed by atoms with E-state index in [1.165, 1.54) is 0 Å². The number of aromatic nitrogens is 2. The summed E-state index contributed by atoms with van der Waals surface area (Å²) in [6, 6.07) is 0. The summed E-state index contributed by atoms with van der Waals surface area (Å²) in [6.07, 6.45) is 4.57. The van der Waals surface area contributed by atoms with E-state index in [2.05, 4.69) is 17.3 Å². The topological polar surface area (TPSA) is 46.9 Å². The summed E-state index contributed by atoms with van der Waals surface area (Å²) in [7, 11) is 1.88. The van der Waals surface area contributed by atoms with Crippen LogP contribution >= 0.6 is 0 Å². The van der Waals surface area contributed by atoms with Crippen molar-refractivity contribution in [2.75, 3.05) is 0 Å². The summed E-state index contributed by atoms with van der Waals surface area (Å²) >= 11 is 0. The second kappa shape index (κ2) is 5.53. The highest BCUT2D eigenvalue weighted by atomic mass is 16.1. The Morgan fingerprint density at radius 2 is 2.33 bits per heavy atom. The van der Waals surface area contributed by atoms with Gasteiger partial charge in [0.2, 0.25) is 5.91 Å². The first kappa shape index (κ1) is 11.8. The number of nitrogens with one attached hydrogen (secondary N) is 1. The highest BCUT2D eigenvalue weighted by Gasteiger charge is 2.04. The van der Waals surface area contributed by atoms with Crippen molar-refractivity contribution in [2.45, 2.75) is 39.7 Å². The molecule has 0 radical (unpaired) electrons. The van der Waals surface area contributed by atoms with E-state index < -0.39 is 0 Å². The van der Waals surface area contributed by atoms with Crippen molar-refractivity contribution in [1.82, 2.24) is 15.1 Å². The zero-order valence-corrected chi connectivity index (χ0v) is 9.71. The third kappa shape index (κ3) is 3.73. The van der Waals surface area contributed by atoms with Crippen molar-refractivity contribution in [3.8, 4) is 0 Å². The quantitative estimate of drug-likeness (QED) is 0.799. The first-order chi connectivity index (χ1) is 7.13. The van der Waals surface area contributed by atoms with Crippen LogP contribution in [-0.4, -0.2) is 15.7 Å². The maximum atomic E-state index is 11.4. The fourth-order valence-electron chi connectivity index (χ4n) is 1.44. The summed E-state index contributed by atoms with van der Waals surface area (Å²) in [4.78, 5) is 11.4. The van der Waals surface area contributed by atoms with Gasteiger partial charge in [0.25, 0.3) is 0 Å². The van der Waals surface area contributed by atoms with Crippen molar-refractivity contribution in [3.05, 3.63) is 17.5 Å². The van der Waals surface area contributed by atoms with Gasteiger partial charge in [-0.15, -0.1) is 0 Å². The van der Waals surface area contributed by atoms with Crippen molar-refractivity contribution in [2.24, 2.45) is 7.05 Å². The number of amides is 1. The first-order valence-electron chi connectivity index (χ1n) is 5.39. The third-order valence-electron chi connectivity index (χ3n) is 2.35. The maximum absolute atomic E-state index is 11.4. The predicted octanol–water partition coefficient (Wildman–Crippen LogP) is 1.53. The molecule has 0 aliphatic heterocycles. The molecule has 0 saturated carbocycles. The molecule has 1 N–H and O–H groups in total. The normalized spacial score (nSPS) is 10.3. The van der Waals surface area contributed by atoms with Gasteiger partial charge in [-0.05, 0) is 13.3 Å². The van der Waals surface area contributed by atoms with Crippen molar-refractivity contribution < 1.29 is 4.79 Å². The lowest BCUT2D eigenvalue weighted by molar-refractivity contribution is -0.121. The Kier molecular flexibility index (Phi) is 4.34. The number of rotatable bonds is 5. The van der Waals surface area contributed by atoms with Crippen LogP contribution in [0.4, 0.5) is 0 Å². The van der Waals surface area contributed by atoms with Crippen LogP contribution < -0.4 is 5.32 Å². The lowest BCUT2D eigenvalue weighted by Gasteiger charge is -2.03. The van der Waals surface area contributed by atoms with Crippen LogP contribution in [0, 0.1) is 6.92 Å². The number of nitrogens with zero attached hydrogens (tertiary/aromatic N) is 2. The molecule has 0 aliphatic rings. The van der Waals surface area contributed by atoms with Crippen LogP contribution in [0.1, 0.15) is 37.4 Å². The van der Waals surface area contributed by atoms with E-state index in [1.54, 1.807) is 4.68 Å². The van der Waals surface area contributed by atoms with Crippen LogP contribution in [0.2, 0.25) is 0 Å². The van der Waals surface area contributed by atoms with Crippen molar-refractivity contribution >= 4 is 5.91 Å². The van der Waals surface area contributed by atoms with Gasteiger partial charge in [0.1, 0.15) is 0 Å². The van der Waals surface area contributed by atoms with Crippen molar-refractivity contribution in [3.63, 3.8) is 0 Å². The van der Waals surface area contributed by atoms with Gasteiger partial charge in [0, 0.05) is 31.8 Å². The molecule has 1 rings (SSSR count). The smallest absolute Gasteiger partial charge is 0.220 e. The Bertz CT molecular complexity index is 331. The molecular weight excluding hydrogens is 190 g/mol. The Morgan fingerprint density at radius 1 is 1.60 bits per heavy atom. The van der Waals surface area contributed by atoms with E-state index in [9.17, 15) is 4.79 Å². The highest BCUT2D eigenvalue weighted by Crippen LogP contribution is 2.04. The maximum Gasteiger partial charge on any atom is 0.220 e.